The Labute approximate surface area is 200 Å². The zero-order valence-electron chi connectivity index (χ0n) is 20.1. The number of hydrogen-bond donors (Lipinski definition) is 1. The van der Waals surface area contributed by atoms with Crippen molar-refractivity contribution in [2.45, 2.75) is 71.5 Å². The van der Waals surface area contributed by atoms with Crippen molar-refractivity contribution in [2.24, 2.45) is 11.8 Å². The van der Waals surface area contributed by atoms with Gasteiger partial charge in [0.2, 0.25) is 23.6 Å². The van der Waals surface area contributed by atoms with Gasteiger partial charge in [0.15, 0.2) is 0 Å². The minimum absolute atomic E-state index is 0.00711. The second-order valence-electron chi connectivity index (χ2n) is 9.12. The van der Waals surface area contributed by atoms with Crippen LogP contribution < -0.4 is 5.32 Å². The van der Waals surface area contributed by atoms with E-state index in [9.17, 15) is 23.6 Å². The first-order valence-electron chi connectivity index (χ1n) is 12.1. The molecule has 0 radical (unpaired) electrons. The summed E-state index contributed by atoms with van der Waals surface area (Å²) < 4.78 is 13.4. The Kier molecular flexibility index (Phi) is 8.58. The van der Waals surface area contributed by atoms with E-state index < -0.39 is 6.04 Å². The fourth-order valence-electron chi connectivity index (χ4n) is 4.59. The molecular formula is C26H34FN3O4. The highest BCUT2D eigenvalue weighted by Crippen LogP contribution is 2.35. The van der Waals surface area contributed by atoms with Crippen LogP contribution in [0.25, 0.3) is 0 Å². The number of carbonyl (C=O) groups excluding carboxylic acids is 4. The quantitative estimate of drug-likeness (QED) is 0.419. The maximum Gasteiger partial charge on any atom is 0.243 e. The molecule has 0 spiro atoms. The summed E-state index contributed by atoms with van der Waals surface area (Å²) in [6, 6.07) is 5.04. The molecule has 4 atom stereocenters. The zero-order chi connectivity index (χ0) is 24.8. The Hall–Kier alpha value is -3.03. The van der Waals surface area contributed by atoms with Crippen molar-refractivity contribution in [3.63, 3.8) is 0 Å². The van der Waals surface area contributed by atoms with Gasteiger partial charge in [-0.2, -0.15) is 0 Å². The SMILES string of the molecule is CC[C@@H](C)NC(=O)[C@H](CC)N(Cc1ccc(F)cc1)C(=O)CCN1C(=O)[C@H]2CC=CC[C@H]2C1=O. The lowest BCUT2D eigenvalue weighted by molar-refractivity contribution is -0.144. The number of benzene rings is 1. The van der Waals surface area contributed by atoms with Gasteiger partial charge in [-0.15, -0.1) is 0 Å². The second-order valence-corrected chi connectivity index (χ2v) is 9.12. The third-order valence-corrected chi connectivity index (χ3v) is 6.80. The molecule has 0 bridgehead atoms. The molecule has 3 rings (SSSR count). The van der Waals surface area contributed by atoms with E-state index in [1.54, 1.807) is 12.1 Å². The maximum atomic E-state index is 13.4. The van der Waals surface area contributed by atoms with Gasteiger partial charge in [0.1, 0.15) is 11.9 Å². The molecule has 2 aliphatic rings. The van der Waals surface area contributed by atoms with Crippen LogP contribution in [-0.2, 0) is 25.7 Å². The molecule has 1 aliphatic heterocycles. The Balaban J connectivity index is 1.75. The van der Waals surface area contributed by atoms with E-state index in [1.807, 2.05) is 32.9 Å². The van der Waals surface area contributed by atoms with E-state index in [0.717, 1.165) is 6.42 Å². The number of halogens is 1. The first-order valence-corrected chi connectivity index (χ1v) is 12.1. The number of nitrogens with zero attached hydrogens (tertiary/aromatic N) is 2. The van der Waals surface area contributed by atoms with Crippen LogP contribution in [0.5, 0.6) is 0 Å². The first-order chi connectivity index (χ1) is 16.3. The molecule has 8 heteroatoms. The monoisotopic (exact) mass is 471 g/mol. The molecule has 34 heavy (non-hydrogen) atoms. The molecule has 0 saturated carbocycles. The summed E-state index contributed by atoms with van der Waals surface area (Å²) >= 11 is 0. The number of rotatable bonds is 10. The smallest absolute Gasteiger partial charge is 0.243 e. The predicted molar refractivity (Wildman–Crippen MR) is 126 cm³/mol. The lowest BCUT2D eigenvalue weighted by atomic mass is 9.85. The molecule has 1 aliphatic carbocycles. The molecule has 1 fully saturated rings. The highest BCUT2D eigenvalue weighted by atomic mass is 19.1. The van der Waals surface area contributed by atoms with Crippen molar-refractivity contribution >= 4 is 23.6 Å². The van der Waals surface area contributed by atoms with Gasteiger partial charge in [-0.25, -0.2) is 4.39 Å². The number of hydrogen-bond acceptors (Lipinski definition) is 4. The Morgan fingerprint density at radius 3 is 2.18 bits per heavy atom. The van der Waals surface area contributed by atoms with E-state index in [2.05, 4.69) is 5.32 Å². The Morgan fingerprint density at radius 2 is 1.65 bits per heavy atom. The van der Waals surface area contributed by atoms with Crippen LogP contribution in [0.15, 0.2) is 36.4 Å². The van der Waals surface area contributed by atoms with Gasteiger partial charge < -0.3 is 10.2 Å². The number of amides is 4. The standard InChI is InChI=1S/C26H34FN3O4/c1-4-17(3)28-24(32)22(5-2)30(16-18-10-12-19(27)13-11-18)23(31)14-15-29-25(33)20-8-6-7-9-21(20)26(29)34/h6-7,10-13,17,20-22H,4-5,8-9,14-16H2,1-3H3,(H,28,32)/t17-,20-,21+,22+/m1/s1. The third-order valence-electron chi connectivity index (χ3n) is 6.80. The average molecular weight is 472 g/mol. The normalized spacial score (nSPS) is 21.2. The van der Waals surface area contributed by atoms with Gasteiger partial charge >= 0.3 is 0 Å². The average Bonchev–Trinajstić information content (AvgIpc) is 3.08. The maximum absolute atomic E-state index is 13.4. The van der Waals surface area contributed by atoms with Crippen molar-refractivity contribution in [3.05, 3.63) is 47.8 Å². The summed E-state index contributed by atoms with van der Waals surface area (Å²) in [5.41, 5.74) is 0.690. The Morgan fingerprint density at radius 1 is 1.06 bits per heavy atom. The molecule has 7 nitrogen and oxygen atoms in total. The molecule has 1 saturated heterocycles. The number of likely N-dealkylation sites (tertiary alicyclic amines) is 1. The highest BCUT2D eigenvalue weighted by Gasteiger charge is 2.47. The number of allylic oxidation sites excluding steroid dienone is 2. The van der Waals surface area contributed by atoms with Crippen LogP contribution in [0, 0.1) is 17.7 Å². The lowest BCUT2D eigenvalue weighted by Crippen LogP contribution is -2.51. The van der Waals surface area contributed by atoms with Gasteiger partial charge in [0.25, 0.3) is 0 Å². The summed E-state index contributed by atoms with van der Waals surface area (Å²) in [4.78, 5) is 54.5. The molecule has 0 unspecified atom stereocenters. The van der Waals surface area contributed by atoms with Gasteiger partial charge in [-0.05, 0) is 50.3 Å². The van der Waals surface area contributed by atoms with Gasteiger partial charge in [-0.3, -0.25) is 24.1 Å². The summed E-state index contributed by atoms with van der Waals surface area (Å²) in [7, 11) is 0. The van der Waals surface area contributed by atoms with E-state index in [4.69, 9.17) is 0 Å². The highest BCUT2D eigenvalue weighted by molar-refractivity contribution is 6.05. The third kappa shape index (κ3) is 5.72. The molecule has 0 aromatic heterocycles. The lowest BCUT2D eigenvalue weighted by Gasteiger charge is -2.32. The number of nitrogens with one attached hydrogen (secondary N) is 1. The van der Waals surface area contributed by atoms with E-state index in [1.165, 1.54) is 21.9 Å². The first kappa shape index (κ1) is 25.6. The summed E-state index contributed by atoms with van der Waals surface area (Å²) in [6.07, 6.45) is 6.02. The number of imide groups is 1. The van der Waals surface area contributed by atoms with E-state index in [-0.39, 0.29) is 66.8 Å². The second kappa shape index (κ2) is 11.4. The fourth-order valence-corrected chi connectivity index (χ4v) is 4.59. The number of carbonyl (C=O) groups is 4. The molecule has 1 aromatic carbocycles. The fraction of sp³-hybridized carbons (Fsp3) is 0.538. The van der Waals surface area contributed by atoms with Gasteiger partial charge in [-0.1, -0.05) is 38.1 Å². The van der Waals surface area contributed by atoms with Crippen molar-refractivity contribution < 1.29 is 23.6 Å². The topological polar surface area (TPSA) is 86.8 Å². The van der Waals surface area contributed by atoms with Crippen LogP contribution in [0.1, 0.15) is 58.4 Å². The van der Waals surface area contributed by atoms with Crippen molar-refractivity contribution in [1.29, 1.82) is 0 Å². The Bertz CT molecular complexity index is 920. The summed E-state index contributed by atoms with van der Waals surface area (Å²) in [5.74, 6) is -2.09. The molecule has 1 N–H and O–H groups in total. The summed E-state index contributed by atoms with van der Waals surface area (Å²) in [5, 5.41) is 2.94. The molecule has 4 amide bonds. The van der Waals surface area contributed by atoms with Crippen LogP contribution in [-0.4, -0.2) is 52.1 Å². The minimum atomic E-state index is -0.719. The molecule has 184 valence electrons. The molecule has 1 heterocycles. The molecular weight excluding hydrogens is 437 g/mol. The zero-order valence-corrected chi connectivity index (χ0v) is 20.1. The molecule has 1 aromatic rings. The largest absolute Gasteiger partial charge is 0.352 e. The predicted octanol–water partition coefficient (Wildman–Crippen LogP) is 3.19. The van der Waals surface area contributed by atoms with Crippen molar-refractivity contribution in [1.82, 2.24) is 15.1 Å². The minimum Gasteiger partial charge on any atom is -0.352 e. The van der Waals surface area contributed by atoms with Crippen LogP contribution in [0.2, 0.25) is 0 Å². The van der Waals surface area contributed by atoms with Crippen molar-refractivity contribution in [2.75, 3.05) is 6.54 Å². The van der Waals surface area contributed by atoms with E-state index >= 15 is 0 Å². The van der Waals surface area contributed by atoms with Gasteiger partial charge in [0.05, 0.1) is 11.8 Å². The van der Waals surface area contributed by atoms with Crippen LogP contribution in [0.3, 0.4) is 0 Å². The summed E-state index contributed by atoms with van der Waals surface area (Å²) in [6.45, 7) is 5.81. The van der Waals surface area contributed by atoms with Crippen LogP contribution in [0.4, 0.5) is 4.39 Å². The number of fused-ring (bicyclic) bond motifs is 1. The van der Waals surface area contributed by atoms with Crippen molar-refractivity contribution in [3.8, 4) is 0 Å². The van der Waals surface area contributed by atoms with Gasteiger partial charge in [0, 0.05) is 25.6 Å². The van der Waals surface area contributed by atoms with E-state index in [0.29, 0.717) is 24.8 Å². The van der Waals surface area contributed by atoms with Crippen LogP contribution >= 0.6 is 0 Å².